The SMILES string of the molecule is Cc1c(-c2ccc(C(F)(F)F)cc2O)nnc(NC[C@@H](C)O)c1C#N. The van der Waals surface area contributed by atoms with Crippen molar-refractivity contribution >= 4 is 5.82 Å². The minimum absolute atomic E-state index is 0.0385. The first-order valence-corrected chi connectivity index (χ1v) is 7.25. The quantitative estimate of drug-likeness (QED) is 0.782. The van der Waals surface area contributed by atoms with Gasteiger partial charge in [-0.05, 0) is 37.6 Å². The summed E-state index contributed by atoms with van der Waals surface area (Å²) in [4.78, 5) is 0. The van der Waals surface area contributed by atoms with Crippen molar-refractivity contribution in [3.05, 3.63) is 34.9 Å². The van der Waals surface area contributed by atoms with Crippen molar-refractivity contribution in [3.8, 4) is 23.1 Å². The van der Waals surface area contributed by atoms with Crippen LogP contribution in [0, 0.1) is 18.3 Å². The van der Waals surface area contributed by atoms with Crippen molar-refractivity contribution in [3.63, 3.8) is 0 Å². The first-order chi connectivity index (χ1) is 11.6. The Kier molecular flexibility index (Phi) is 5.13. The highest BCUT2D eigenvalue weighted by molar-refractivity contribution is 5.74. The highest BCUT2D eigenvalue weighted by Gasteiger charge is 2.31. The van der Waals surface area contributed by atoms with E-state index in [4.69, 9.17) is 0 Å². The van der Waals surface area contributed by atoms with E-state index in [-0.39, 0.29) is 29.2 Å². The molecule has 0 saturated carbocycles. The number of aromatic hydroxyl groups is 1. The third-order valence-corrected chi connectivity index (χ3v) is 3.47. The van der Waals surface area contributed by atoms with E-state index in [1.807, 2.05) is 6.07 Å². The molecule has 2 rings (SSSR count). The number of phenols is 1. The number of benzene rings is 1. The fourth-order valence-corrected chi connectivity index (χ4v) is 2.19. The summed E-state index contributed by atoms with van der Waals surface area (Å²) in [7, 11) is 0. The van der Waals surface area contributed by atoms with Crippen LogP contribution in [0.4, 0.5) is 19.0 Å². The third-order valence-electron chi connectivity index (χ3n) is 3.47. The van der Waals surface area contributed by atoms with Crippen LogP contribution >= 0.6 is 0 Å². The van der Waals surface area contributed by atoms with Crippen molar-refractivity contribution in [2.75, 3.05) is 11.9 Å². The lowest BCUT2D eigenvalue weighted by molar-refractivity contribution is -0.137. The van der Waals surface area contributed by atoms with Gasteiger partial charge in [-0.3, -0.25) is 0 Å². The number of aliphatic hydroxyl groups is 1. The summed E-state index contributed by atoms with van der Waals surface area (Å²) in [6, 6.07) is 4.45. The average Bonchev–Trinajstić information content (AvgIpc) is 2.52. The molecule has 0 radical (unpaired) electrons. The van der Waals surface area contributed by atoms with Crippen LogP contribution < -0.4 is 5.32 Å². The van der Waals surface area contributed by atoms with Gasteiger partial charge >= 0.3 is 6.18 Å². The molecule has 1 aromatic carbocycles. The Hall–Kier alpha value is -2.86. The number of phenolic OH excluding ortho intramolecular Hbond substituents is 1. The van der Waals surface area contributed by atoms with Gasteiger partial charge < -0.3 is 15.5 Å². The molecule has 3 N–H and O–H groups in total. The normalized spacial score (nSPS) is 12.5. The zero-order valence-electron chi connectivity index (χ0n) is 13.4. The topological polar surface area (TPSA) is 102 Å². The number of rotatable bonds is 4. The Bertz CT molecular complexity index is 829. The van der Waals surface area contributed by atoms with Gasteiger partial charge in [0.1, 0.15) is 23.1 Å². The van der Waals surface area contributed by atoms with Gasteiger partial charge in [0.05, 0.1) is 11.7 Å². The summed E-state index contributed by atoms with van der Waals surface area (Å²) < 4.78 is 38.1. The van der Waals surface area contributed by atoms with Crippen LogP contribution in [0.3, 0.4) is 0 Å². The van der Waals surface area contributed by atoms with Crippen LogP contribution in [0.15, 0.2) is 18.2 Å². The Morgan fingerprint density at radius 1 is 1.32 bits per heavy atom. The first-order valence-electron chi connectivity index (χ1n) is 7.25. The lowest BCUT2D eigenvalue weighted by Gasteiger charge is -2.14. The smallest absolute Gasteiger partial charge is 0.416 e. The molecular formula is C16H15F3N4O2. The second kappa shape index (κ2) is 6.94. The molecule has 25 heavy (non-hydrogen) atoms. The molecule has 0 aliphatic carbocycles. The van der Waals surface area contributed by atoms with Gasteiger partial charge in [-0.1, -0.05) is 0 Å². The number of nitrogens with one attached hydrogen (secondary N) is 1. The van der Waals surface area contributed by atoms with Gasteiger partial charge in [0, 0.05) is 12.1 Å². The zero-order valence-corrected chi connectivity index (χ0v) is 13.4. The van der Waals surface area contributed by atoms with Crippen LogP contribution in [0.2, 0.25) is 0 Å². The molecule has 0 unspecified atom stereocenters. The van der Waals surface area contributed by atoms with Crippen LogP contribution in [0.25, 0.3) is 11.3 Å². The number of hydrogen-bond acceptors (Lipinski definition) is 6. The highest BCUT2D eigenvalue weighted by atomic mass is 19.4. The van der Waals surface area contributed by atoms with Gasteiger partial charge in [0.25, 0.3) is 0 Å². The highest BCUT2D eigenvalue weighted by Crippen LogP contribution is 2.37. The minimum Gasteiger partial charge on any atom is -0.507 e. The summed E-state index contributed by atoms with van der Waals surface area (Å²) in [5.41, 5.74) is -0.373. The molecule has 0 saturated heterocycles. The second-order valence-electron chi connectivity index (χ2n) is 5.47. The first kappa shape index (κ1) is 18.5. The Labute approximate surface area is 141 Å². The standard InChI is InChI=1S/C16H15F3N4O2/c1-8(24)7-21-15-12(6-20)9(2)14(22-23-15)11-4-3-10(5-13(11)25)16(17,18)19/h3-5,8,24-25H,7H2,1-2H3,(H,21,23)/t8-/m1/s1. The van der Waals surface area contributed by atoms with E-state index in [1.54, 1.807) is 13.8 Å². The monoisotopic (exact) mass is 352 g/mol. The van der Waals surface area contributed by atoms with E-state index in [0.29, 0.717) is 11.6 Å². The maximum absolute atomic E-state index is 12.7. The van der Waals surface area contributed by atoms with E-state index >= 15 is 0 Å². The number of nitrogens with zero attached hydrogens (tertiary/aromatic N) is 3. The maximum atomic E-state index is 12.7. The van der Waals surface area contributed by atoms with Crippen LogP contribution in [0.5, 0.6) is 5.75 Å². The number of nitriles is 1. The van der Waals surface area contributed by atoms with Gasteiger partial charge in [-0.2, -0.15) is 18.4 Å². The van der Waals surface area contributed by atoms with Crippen LogP contribution in [-0.2, 0) is 6.18 Å². The van der Waals surface area contributed by atoms with Crippen molar-refractivity contribution in [1.29, 1.82) is 5.26 Å². The van der Waals surface area contributed by atoms with E-state index in [0.717, 1.165) is 12.1 Å². The van der Waals surface area contributed by atoms with Gasteiger partial charge in [0.15, 0.2) is 5.82 Å². The summed E-state index contributed by atoms with van der Waals surface area (Å²) >= 11 is 0. The van der Waals surface area contributed by atoms with Gasteiger partial charge in [-0.25, -0.2) is 0 Å². The van der Waals surface area contributed by atoms with Crippen LogP contribution in [-0.4, -0.2) is 33.1 Å². The van der Waals surface area contributed by atoms with Crippen molar-refractivity contribution in [2.45, 2.75) is 26.1 Å². The molecule has 132 valence electrons. The maximum Gasteiger partial charge on any atom is 0.416 e. The van der Waals surface area contributed by atoms with E-state index < -0.39 is 23.6 Å². The largest absolute Gasteiger partial charge is 0.507 e. The molecule has 2 aromatic rings. The zero-order chi connectivity index (χ0) is 18.8. The number of hydrogen-bond donors (Lipinski definition) is 3. The molecule has 9 heteroatoms. The second-order valence-corrected chi connectivity index (χ2v) is 5.47. The van der Waals surface area contributed by atoms with Gasteiger partial charge in [-0.15, -0.1) is 10.2 Å². The third kappa shape index (κ3) is 3.97. The van der Waals surface area contributed by atoms with E-state index in [2.05, 4.69) is 15.5 Å². The Morgan fingerprint density at radius 3 is 2.52 bits per heavy atom. The molecule has 1 heterocycles. The number of aliphatic hydroxyl groups excluding tert-OH is 1. The predicted molar refractivity (Wildman–Crippen MR) is 83.8 cm³/mol. The molecule has 0 aliphatic heterocycles. The molecule has 0 spiro atoms. The summed E-state index contributed by atoms with van der Waals surface area (Å²) in [6.07, 6.45) is -5.25. The predicted octanol–water partition coefficient (Wildman–Crippen LogP) is 2.84. The average molecular weight is 352 g/mol. The fraction of sp³-hybridized carbons (Fsp3) is 0.312. The molecule has 0 bridgehead atoms. The Morgan fingerprint density at radius 2 is 2.00 bits per heavy atom. The number of halogens is 3. The minimum atomic E-state index is -4.58. The van der Waals surface area contributed by atoms with Crippen LogP contribution in [0.1, 0.15) is 23.6 Å². The molecule has 0 aliphatic rings. The van der Waals surface area contributed by atoms with Crippen molar-refractivity contribution in [2.24, 2.45) is 0 Å². The molecule has 6 nitrogen and oxygen atoms in total. The van der Waals surface area contributed by atoms with Crippen molar-refractivity contribution < 1.29 is 23.4 Å². The van der Waals surface area contributed by atoms with Crippen molar-refractivity contribution in [1.82, 2.24) is 10.2 Å². The lowest BCUT2D eigenvalue weighted by Crippen LogP contribution is -2.17. The summed E-state index contributed by atoms with van der Waals surface area (Å²) in [6.45, 7) is 3.24. The molecule has 1 atom stereocenters. The summed E-state index contributed by atoms with van der Waals surface area (Å²) in [5.74, 6) is -0.461. The van der Waals surface area contributed by atoms with Gasteiger partial charge in [0.2, 0.25) is 0 Å². The molecule has 0 amide bonds. The molecule has 1 aromatic heterocycles. The number of alkyl halides is 3. The fourth-order valence-electron chi connectivity index (χ4n) is 2.19. The number of anilines is 1. The van der Waals surface area contributed by atoms with E-state index in [9.17, 15) is 28.6 Å². The summed E-state index contributed by atoms with van der Waals surface area (Å²) in [5, 5.41) is 39.1. The lowest BCUT2D eigenvalue weighted by atomic mass is 10.0. The molecule has 0 fully saturated rings. The van der Waals surface area contributed by atoms with E-state index in [1.165, 1.54) is 0 Å². The number of aromatic nitrogens is 2. The molecular weight excluding hydrogens is 337 g/mol. The Balaban J connectivity index is 2.49.